The molecule has 0 bridgehead atoms. The second-order valence-electron chi connectivity index (χ2n) is 10.1. The second-order valence-corrected chi connectivity index (χ2v) is 10.1. The second kappa shape index (κ2) is 20.0. The van der Waals surface area contributed by atoms with Crippen LogP contribution in [0.3, 0.4) is 0 Å². The number of aromatic nitrogens is 1. The van der Waals surface area contributed by atoms with Crippen molar-refractivity contribution in [1.29, 1.82) is 0 Å². The van der Waals surface area contributed by atoms with Gasteiger partial charge in [0.1, 0.15) is 0 Å². The molecule has 1 unspecified atom stereocenters. The van der Waals surface area contributed by atoms with E-state index < -0.39 is 0 Å². The van der Waals surface area contributed by atoms with E-state index in [1.165, 1.54) is 115 Å². The van der Waals surface area contributed by atoms with Crippen molar-refractivity contribution in [1.82, 2.24) is 4.57 Å². The lowest BCUT2D eigenvalue weighted by Crippen LogP contribution is -2.10. The van der Waals surface area contributed by atoms with Gasteiger partial charge in [-0.15, -0.1) is 0 Å². The van der Waals surface area contributed by atoms with Gasteiger partial charge in [0.2, 0.25) is 0 Å². The Balaban J connectivity index is 2.12. The maximum atomic E-state index is 10.2. The lowest BCUT2D eigenvalue weighted by atomic mass is 9.99. The molecule has 3 heteroatoms. The van der Waals surface area contributed by atoms with Crippen molar-refractivity contribution in [2.24, 2.45) is 0 Å². The van der Waals surface area contributed by atoms with E-state index in [1.807, 2.05) is 0 Å². The standard InChI is InChI=1S/C30H55NO2/c1-4-6-8-9-10-11-12-13-14-15-16-17-18-19-20-22-23-27(3)28(24-21-7-5-2)31-29(32)25-26-30(31)33/h23,25-26,28,32-33H,4-22,24H2,1-3H3. The molecular weight excluding hydrogens is 406 g/mol. The Morgan fingerprint density at radius 3 is 1.52 bits per heavy atom. The summed E-state index contributed by atoms with van der Waals surface area (Å²) in [5.41, 5.74) is 1.26. The van der Waals surface area contributed by atoms with E-state index in [9.17, 15) is 10.2 Å². The van der Waals surface area contributed by atoms with Gasteiger partial charge in [-0.2, -0.15) is 0 Å². The zero-order valence-electron chi connectivity index (χ0n) is 22.3. The molecule has 0 aliphatic carbocycles. The minimum atomic E-state index is 0.0582. The quantitative estimate of drug-likeness (QED) is 0.133. The molecule has 0 aliphatic rings. The van der Waals surface area contributed by atoms with Crippen LogP contribution in [0.4, 0.5) is 0 Å². The lowest BCUT2D eigenvalue weighted by molar-refractivity contribution is 0.336. The molecule has 0 spiro atoms. The number of unbranched alkanes of at least 4 members (excludes halogenated alkanes) is 17. The van der Waals surface area contributed by atoms with E-state index in [0.717, 1.165) is 19.3 Å². The number of hydrogen-bond acceptors (Lipinski definition) is 2. The zero-order valence-corrected chi connectivity index (χ0v) is 22.3. The molecular formula is C30H55NO2. The first-order valence-corrected chi connectivity index (χ1v) is 14.4. The summed E-state index contributed by atoms with van der Waals surface area (Å²) in [6.07, 6.45) is 28.8. The van der Waals surface area contributed by atoms with Gasteiger partial charge >= 0.3 is 0 Å². The number of rotatable bonds is 22. The Morgan fingerprint density at radius 2 is 1.06 bits per heavy atom. The van der Waals surface area contributed by atoms with Crippen LogP contribution < -0.4 is 0 Å². The highest BCUT2D eigenvalue weighted by molar-refractivity contribution is 5.28. The third-order valence-corrected chi connectivity index (χ3v) is 7.07. The van der Waals surface area contributed by atoms with Crippen LogP contribution in [0.5, 0.6) is 11.8 Å². The molecule has 1 aromatic rings. The van der Waals surface area contributed by atoms with Crippen molar-refractivity contribution in [3.8, 4) is 11.8 Å². The summed E-state index contributed by atoms with van der Waals surface area (Å²) in [4.78, 5) is 0. The van der Waals surface area contributed by atoms with Gasteiger partial charge in [0.25, 0.3) is 0 Å². The smallest absolute Gasteiger partial charge is 0.194 e. The first kappa shape index (κ1) is 29.7. The van der Waals surface area contributed by atoms with Crippen molar-refractivity contribution in [3.05, 3.63) is 23.8 Å². The van der Waals surface area contributed by atoms with Crippen LogP contribution in [0.15, 0.2) is 23.8 Å². The zero-order chi connectivity index (χ0) is 24.2. The highest BCUT2D eigenvalue weighted by Crippen LogP contribution is 2.34. The molecule has 0 saturated carbocycles. The molecule has 3 nitrogen and oxygen atoms in total. The Labute approximate surface area is 205 Å². The fourth-order valence-electron chi connectivity index (χ4n) is 4.88. The third kappa shape index (κ3) is 13.8. The average Bonchev–Trinajstić information content (AvgIpc) is 3.14. The number of allylic oxidation sites excluding steroid dienone is 2. The van der Waals surface area contributed by atoms with Crippen molar-refractivity contribution in [2.45, 2.75) is 155 Å². The van der Waals surface area contributed by atoms with Gasteiger partial charge in [-0.3, -0.25) is 4.57 Å². The Kier molecular flexibility index (Phi) is 18.0. The molecule has 0 aliphatic heterocycles. The lowest BCUT2D eigenvalue weighted by Gasteiger charge is -2.22. The van der Waals surface area contributed by atoms with Crippen LogP contribution in [-0.4, -0.2) is 14.8 Å². The molecule has 1 heterocycles. The molecule has 2 N–H and O–H groups in total. The van der Waals surface area contributed by atoms with Crippen LogP contribution in [-0.2, 0) is 0 Å². The first-order valence-electron chi connectivity index (χ1n) is 14.4. The fourth-order valence-corrected chi connectivity index (χ4v) is 4.88. The molecule has 0 amide bonds. The van der Waals surface area contributed by atoms with Gasteiger partial charge in [0, 0.05) is 12.1 Å². The Bertz CT molecular complexity index is 585. The van der Waals surface area contributed by atoms with Gasteiger partial charge in [0.05, 0.1) is 6.04 Å². The van der Waals surface area contributed by atoms with Gasteiger partial charge in [-0.05, 0) is 26.2 Å². The van der Waals surface area contributed by atoms with Crippen molar-refractivity contribution >= 4 is 0 Å². The molecule has 0 radical (unpaired) electrons. The molecule has 0 saturated heterocycles. The van der Waals surface area contributed by atoms with Crippen molar-refractivity contribution in [3.63, 3.8) is 0 Å². The van der Waals surface area contributed by atoms with Gasteiger partial charge < -0.3 is 10.2 Å². The molecule has 0 aromatic carbocycles. The average molecular weight is 462 g/mol. The van der Waals surface area contributed by atoms with Crippen LogP contribution in [0, 0.1) is 0 Å². The van der Waals surface area contributed by atoms with Crippen LogP contribution in [0.1, 0.15) is 155 Å². The minimum Gasteiger partial charge on any atom is -0.494 e. The summed E-state index contributed by atoms with van der Waals surface area (Å²) in [5.74, 6) is 0.322. The first-order chi connectivity index (χ1) is 16.1. The molecule has 1 aromatic heterocycles. The third-order valence-electron chi connectivity index (χ3n) is 7.07. The van der Waals surface area contributed by atoms with E-state index in [0.29, 0.717) is 0 Å². The molecule has 0 fully saturated rings. The van der Waals surface area contributed by atoms with Gasteiger partial charge in [0.15, 0.2) is 11.8 Å². The monoisotopic (exact) mass is 461 g/mol. The molecule has 33 heavy (non-hydrogen) atoms. The SMILES string of the molecule is CCCCCCCCCCCCCCCCCC=C(C)C(CCCCC)n1c(O)ccc1O. The van der Waals surface area contributed by atoms with Gasteiger partial charge in [-0.25, -0.2) is 0 Å². The van der Waals surface area contributed by atoms with Crippen LogP contribution >= 0.6 is 0 Å². The van der Waals surface area contributed by atoms with E-state index in [2.05, 4.69) is 26.8 Å². The van der Waals surface area contributed by atoms with E-state index >= 15 is 0 Å². The Hall–Kier alpha value is -1.38. The van der Waals surface area contributed by atoms with Gasteiger partial charge in [-0.1, -0.05) is 135 Å². The topological polar surface area (TPSA) is 45.4 Å². The summed E-state index contributed by atoms with van der Waals surface area (Å²) < 4.78 is 1.69. The summed E-state index contributed by atoms with van der Waals surface area (Å²) in [7, 11) is 0. The van der Waals surface area contributed by atoms with E-state index in [-0.39, 0.29) is 17.8 Å². The maximum Gasteiger partial charge on any atom is 0.194 e. The van der Waals surface area contributed by atoms with Crippen LogP contribution in [0.2, 0.25) is 0 Å². The molecule has 1 atom stereocenters. The molecule has 192 valence electrons. The van der Waals surface area contributed by atoms with Crippen molar-refractivity contribution < 1.29 is 10.2 Å². The fraction of sp³-hybridized carbons (Fsp3) is 0.800. The van der Waals surface area contributed by atoms with E-state index in [4.69, 9.17) is 0 Å². The predicted molar refractivity (Wildman–Crippen MR) is 144 cm³/mol. The van der Waals surface area contributed by atoms with Crippen LogP contribution in [0.25, 0.3) is 0 Å². The minimum absolute atomic E-state index is 0.0582. The maximum absolute atomic E-state index is 10.2. The predicted octanol–water partition coefficient (Wildman–Crippen LogP) is 10.2. The largest absolute Gasteiger partial charge is 0.494 e. The normalized spacial score (nSPS) is 13.0. The van der Waals surface area contributed by atoms with Crippen molar-refractivity contribution in [2.75, 3.05) is 0 Å². The number of hydrogen-bond donors (Lipinski definition) is 2. The summed E-state index contributed by atoms with van der Waals surface area (Å²) in [5, 5.41) is 20.4. The Morgan fingerprint density at radius 1 is 0.667 bits per heavy atom. The number of aromatic hydroxyl groups is 2. The highest BCUT2D eigenvalue weighted by Gasteiger charge is 2.18. The van der Waals surface area contributed by atoms with E-state index in [1.54, 1.807) is 16.7 Å². The summed E-state index contributed by atoms with van der Waals surface area (Å²) in [6, 6.07) is 3.23. The summed E-state index contributed by atoms with van der Waals surface area (Å²) >= 11 is 0. The highest BCUT2D eigenvalue weighted by atomic mass is 16.3. The molecule has 1 rings (SSSR count). The number of nitrogens with zero attached hydrogens (tertiary/aromatic N) is 1. The summed E-state index contributed by atoms with van der Waals surface area (Å²) in [6.45, 7) is 6.65.